The molecule has 0 bridgehead atoms. The molecule has 116 valence electrons. The van der Waals surface area contributed by atoms with Crippen LogP contribution in [0.3, 0.4) is 0 Å². The van der Waals surface area contributed by atoms with E-state index in [0.29, 0.717) is 0 Å². The topological polar surface area (TPSA) is 67.2 Å². The van der Waals surface area contributed by atoms with Gasteiger partial charge in [-0.05, 0) is 37.3 Å². The number of hydrogen-bond acceptors (Lipinski definition) is 3. The third-order valence-electron chi connectivity index (χ3n) is 3.46. The molecule has 1 aromatic heterocycles. The molecule has 0 radical (unpaired) electrons. The first kappa shape index (κ1) is 15.5. The molecule has 1 heterocycles. The maximum atomic E-state index is 11.7. The van der Waals surface area contributed by atoms with Gasteiger partial charge < -0.3 is 0 Å². The lowest BCUT2D eigenvalue weighted by Gasteiger charge is -2.08. The lowest BCUT2D eigenvalue weighted by atomic mass is 10.1. The van der Waals surface area contributed by atoms with Crippen molar-refractivity contribution < 1.29 is 10.0 Å². The number of benzene rings is 2. The molecule has 0 aliphatic heterocycles. The van der Waals surface area contributed by atoms with Crippen molar-refractivity contribution in [2.24, 2.45) is 0 Å². The Kier molecular flexibility index (Phi) is 4.27. The molecule has 3 rings (SSSR count). The van der Waals surface area contributed by atoms with Gasteiger partial charge in [0.2, 0.25) is 0 Å². The van der Waals surface area contributed by atoms with Crippen LogP contribution in [0.2, 0.25) is 0 Å². The second-order valence-electron chi connectivity index (χ2n) is 5.11. The molecular weight excluding hydrogens is 358 g/mol. The van der Waals surface area contributed by atoms with Crippen molar-refractivity contribution in [2.75, 3.05) is 0 Å². The van der Waals surface area contributed by atoms with Gasteiger partial charge in [0.1, 0.15) is 0 Å². The number of carbonyl (C=O) groups excluding carboxylic acids is 1. The van der Waals surface area contributed by atoms with Crippen LogP contribution in [-0.4, -0.2) is 20.9 Å². The molecule has 0 spiro atoms. The molecule has 0 fully saturated rings. The zero-order valence-corrected chi connectivity index (χ0v) is 13.9. The minimum Gasteiger partial charge on any atom is -0.288 e. The first-order chi connectivity index (χ1) is 11.1. The average molecular weight is 372 g/mol. The maximum Gasteiger partial charge on any atom is 0.295 e. The van der Waals surface area contributed by atoms with E-state index in [0.717, 1.165) is 27.0 Å². The number of rotatable bonds is 3. The van der Waals surface area contributed by atoms with Crippen LogP contribution in [0.5, 0.6) is 0 Å². The number of nitrogens with zero attached hydrogens (tertiary/aromatic N) is 2. The summed E-state index contributed by atoms with van der Waals surface area (Å²) >= 11 is 3.41. The fourth-order valence-corrected chi connectivity index (χ4v) is 2.52. The Labute approximate surface area is 141 Å². The first-order valence-electron chi connectivity index (χ1n) is 6.96. The van der Waals surface area contributed by atoms with Gasteiger partial charge in [0, 0.05) is 10.0 Å². The molecule has 0 unspecified atom stereocenters. The van der Waals surface area contributed by atoms with Gasteiger partial charge in [-0.15, -0.1) is 0 Å². The Balaban J connectivity index is 2.16. The van der Waals surface area contributed by atoms with Gasteiger partial charge in [-0.3, -0.25) is 10.0 Å². The van der Waals surface area contributed by atoms with Crippen molar-refractivity contribution in [3.63, 3.8) is 0 Å². The van der Waals surface area contributed by atoms with E-state index >= 15 is 0 Å². The summed E-state index contributed by atoms with van der Waals surface area (Å²) < 4.78 is 2.66. The van der Waals surface area contributed by atoms with E-state index in [9.17, 15) is 4.79 Å². The lowest BCUT2D eigenvalue weighted by molar-refractivity contribution is 0.0700. The quantitative estimate of drug-likeness (QED) is 0.544. The summed E-state index contributed by atoms with van der Waals surface area (Å²) in [5.41, 5.74) is 5.42. The number of amides is 1. The minimum absolute atomic E-state index is 0.144. The van der Waals surface area contributed by atoms with E-state index in [1.807, 2.05) is 55.5 Å². The minimum atomic E-state index is -0.644. The molecule has 3 aromatic rings. The SMILES string of the molecule is Cc1ccc(-n2nc(C(=O)NO)cc2-c2ccc(Br)cc2)cc1. The Morgan fingerprint density at radius 3 is 2.39 bits per heavy atom. The van der Waals surface area contributed by atoms with Crippen LogP contribution in [0.4, 0.5) is 0 Å². The normalized spacial score (nSPS) is 10.6. The van der Waals surface area contributed by atoms with Crippen molar-refractivity contribution in [3.05, 3.63) is 70.3 Å². The highest BCUT2D eigenvalue weighted by molar-refractivity contribution is 9.10. The standard InChI is InChI=1S/C17H14BrN3O2/c1-11-2-8-14(9-3-11)21-16(10-15(19-21)17(22)20-23)12-4-6-13(18)7-5-12/h2-10,23H,1H3,(H,20,22). The Hall–Kier alpha value is -2.44. The summed E-state index contributed by atoms with van der Waals surface area (Å²) in [5, 5.41) is 13.2. The monoisotopic (exact) mass is 371 g/mol. The summed E-state index contributed by atoms with van der Waals surface area (Å²) in [5.74, 6) is -0.644. The zero-order valence-electron chi connectivity index (χ0n) is 12.3. The number of carbonyl (C=O) groups is 1. The summed E-state index contributed by atoms with van der Waals surface area (Å²) in [4.78, 5) is 11.7. The number of aromatic nitrogens is 2. The number of halogens is 1. The average Bonchev–Trinajstić information content (AvgIpc) is 3.01. The molecule has 5 nitrogen and oxygen atoms in total. The third kappa shape index (κ3) is 3.18. The smallest absolute Gasteiger partial charge is 0.288 e. The number of nitrogens with one attached hydrogen (secondary N) is 1. The molecule has 0 aliphatic rings. The van der Waals surface area contributed by atoms with Gasteiger partial charge in [-0.1, -0.05) is 45.8 Å². The highest BCUT2D eigenvalue weighted by Crippen LogP contribution is 2.25. The largest absolute Gasteiger partial charge is 0.295 e. The molecule has 23 heavy (non-hydrogen) atoms. The third-order valence-corrected chi connectivity index (χ3v) is 3.99. The molecule has 6 heteroatoms. The van der Waals surface area contributed by atoms with E-state index < -0.39 is 5.91 Å². The van der Waals surface area contributed by atoms with Gasteiger partial charge >= 0.3 is 0 Å². The molecule has 0 saturated heterocycles. The molecule has 0 saturated carbocycles. The van der Waals surface area contributed by atoms with Gasteiger partial charge in [-0.2, -0.15) is 5.10 Å². The zero-order chi connectivity index (χ0) is 16.4. The highest BCUT2D eigenvalue weighted by atomic mass is 79.9. The fraction of sp³-hybridized carbons (Fsp3) is 0.0588. The molecule has 1 amide bonds. The summed E-state index contributed by atoms with van der Waals surface area (Å²) in [6, 6.07) is 17.2. The molecule has 2 aromatic carbocycles. The first-order valence-corrected chi connectivity index (χ1v) is 7.75. The Morgan fingerprint density at radius 1 is 1.13 bits per heavy atom. The Bertz CT molecular complexity index is 776. The molecule has 0 atom stereocenters. The second-order valence-corrected chi connectivity index (χ2v) is 6.03. The van der Waals surface area contributed by atoms with Gasteiger partial charge in [0.15, 0.2) is 5.69 Å². The number of aryl methyl sites for hydroxylation is 1. The summed E-state index contributed by atoms with van der Waals surface area (Å²) in [6.07, 6.45) is 0. The lowest BCUT2D eigenvalue weighted by Crippen LogP contribution is -2.19. The van der Waals surface area contributed by atoms with Crippen LogP contribution >= 0.6 is 15.9 Å². The summed E-state index contributed by atoms with van der Waals surface area (Å²) in [7, 11) is 0. The second kappa shape index (κ2) is 6.36. The van der Waals surface area contributed by atoms with Crippen LogP contribution in [0.15, 0.2) is 59.1 Å². The van der Waals surface area contributed by atoms with Crippen molar-refractivity contribution >= 4 is 21.8 Å². The maximum absolute atomic E-state index is 11.7. The predicted molar refractivity (Wildman–Crippen MR) is 90.7 cm³/mol. The van der Waals surface area contributed by atoms with E-state index in [1.54, 1.807) is 16.2 Å². The Morgan fingerprint density at radius 2 is 1.78 bits per heavy atom. The van der Waals surface area contributed by atoms with Crippen LogP contribution in [-0.2, 0) is 0 Å². The van der Waals surface area contributed by atoms with Crippen molar-refractivity contribution in [1.29, 1.82) is 0 Å². The van der Waals surface area contributed by atoms with Crippen LogP contribution in [0.1, 0.15) is 16.1 Å². The van der Waals surface area contributed by atoms with E-state index in [2.05, 4.69) is 21.0 Å². The van der Waals surface area contributed by atoms with Crippen molar-refractivity contribution in [3.8, 4) is 16.9 Å². The van der Waals surface area contributed by atoms with Gasteiger partial charge in [0.25, 0.3) is 5.91 Å². The predicted octanol–water partition coefficient (Wildman–Crippen LogP) is 3.73. The van der Waals surface area contributed by atoms with E-state index in [-0.39, 0.29) is 5.69 Å². The van der Waals surface area contributed by atoms with Gasteiger partial charge in [-0.25, -0.2) is 10.2 Å². The number of hydrogen-bond donors (Lipinski definition) is 2. The van der Waals surface area contributed by atoms with E-state index in [4.69, 9.17) is 5.21 Å². The fourth-order valence-electron chi connectivity index (χ4n) is 2.26. The van der Waals surface area contributed by atoms with Crippen LogP contribution in [0, 0.1) is 6.92 Å². The van der Waals surface area contributed by atoms with Crippen LogP contribution < -0.4 is 5.48 Å². The van der Waals surface area contributed by atoms with Crippen LogP contribution in [0.25, 0.3) is 16.9 Å². The summed E-state index contributed by atoms with van der Waals surface area (Å²) in [6.45, 7) is 2.01. The van der Waals surface area contributed by atoms with Crippen molar-refractivity contribution in [2.45, 2.75) is 6.92 Å². The highest BCUT2D eigenvalue weighted by Gasteiger charge is 2.16. The van der Waals surface area contributed by atoms with E-state index in [1.165, 1.54) is 0 Å². The molecular formula is C17H14BrN3O2. The molecule has 2 N–H and O–H groups in total. The number of hydroxylamine groups is 1. The van der Waals surface area contributed by atoms with Crippen molar-refractivity contribution in [1.82, 2.24) is 15.3 Å². The molecule has 0 aliphatic carbocycles. The van der Waals surface area contributed by atoms with Gasteiger partial charge in [0.05, 0.1) is 11.4 Å².